The molecule has 0 unspecified atom stereocenters. The van der Waals surface area contributed by atoms with Gasteiger partial charge in [-0.2, -0.15) is 0 Å². The summed E-state index contributed by atoms with van der Waals surface area (Å²) in [7, 11) is 3.88. The molecule has 7 aromatic carbocycles. The van der Waals surface area contributed by atoms with E-state index in [-0.39, 0.29) is 74.7 Å². The molecule has 8 aliphatic rings. The number of aliphatic imine (C=N–C) groups is 2. The van der Waals surface area contributed by atoms with E-state index in [0.717, 1.165) is 136 Å². The minimum atomic E-state index is -0.896. The molecule has 1 saturated carbocycles. The number of rotatable bonds is 19. The molecule has 116 heavy (non-hydrogen) atoms. The van der Waals surface area contributed by atoms with Crippen LogP contribution in [0.1, 0.15) is 165 Å². The molecule has 25 heteroatoms. The van der Waals surface area contributed by atoms with Gasteiger partial charge in [-0.3, -0.25) is 24.4 Å². The molecule has 17 rings (SSSR count). The number of carbonyl (C=O) groups is 6. The third-order valence-electron chi connectivity index (χ3n) is 23.9. The van der Waals surface area contributed by atoms with Crippen molar-refractivity contribution in [1.82, 2.24) is 50.6 Å². The Morgan fingerprint density at radius 1 is 0.517 bits per heavy atom. The molecule has 0 spiro atoms. The monoisotopic (exact) mass is 1570 g/mol. The second kappa shape index (κ2) is 34.6. The zero-order valence-electron chi connectivity index (χ0n) is 65.9. The summed E-state index contributed by atoms with van der Waals surface area (Å²) in [6, 6.07) is 36.0. The minimum Gasteiger partial charge on any atom is -0.488 e. The van der Waals surface area contributed by atoms with Crippen molar-refractivity contribution < 1.29 is 61.9 Å². The molecule has 5 N–H and O–H groups in total. The molecule has 0 radical (unpaired) electrons. The highest BCUT2D eigenvalue weighted by molar-refractivity contribution is 6.09. The van der Waals surface area contributed by atoms with Gasteiger partial charge in [0, 0.05) is 87.0 Å². The fraction of sp³-hybridized carbons (Fsp3) is 0.429. The van der Waals surface area contributed by atoms with Gasteiger partial charge in [0.05, 0.1) is 86.8 Å². The van der Waals surface area contributed by atoms with Gasteiger partial charge in [-0.05, 0) is 172 Å². The Kier molecular flexibility index (Phi) is 24.2. The fourth-order valence-corrected chi connectivity index (χ4v) is 18.1. The zero-order chi connectivity index (χ0) is 79.2. The van der Waals surface area contributed by atoms with Crippen LogP contribution in [0.25, 0.3) is 66.3 Å². The Labute approximate surface area is 677 Å². The highest BCUT2D eigenvalue weighted by atomic mass is 16.5. The largest absolute Gasteiger partial charge is 0.488 e. The number of hydrogen-bond donors (Lipinski definition) is 5. The van der Waals surface area contributed by atoms with Crippen molar-refractivity contribution >= 4 is 80.3 Å². The molecule has 1 aliphatic carbocycles. The molecular weight excluding hydrogens is 1470 g/mol. The number of amides is 6. The summed E-state index contributed by atoms with van der Waals surface area (Å²) in [5.74, 6) is 3.19. The number of carbonyl (C=O) groups excluding carboxylic acids is 6. The average Bonchev–Trinajstić information content (AvgIpc) is 1.36. The number of aromatic nitrogens is 4. The van der Waals surface area contributed by atoms with E-state index in [9.17, 15) is 28.8 Å². The van der Waals surface area contributed by atoms with E-state index in [0.29, 0.717) is 89.1 Å². The second-order valence-corrected chi connectivity index (χ2v) is 31.5. The van der Waals surface area contributed by atoms with Gasteiger partial charge >= 0.3 is 18.3 Å². The van der Waals surface area contributed by atoms with Gasteiger partial charge in [-0.1, -0.05) is 122 Å². The molecule has 0 bridgehead atoms. The third kappa shape index (κ3) is 15.9. The van der Waals surface area contributed by atoms with Gasteiger partial charge < -0.3 is 73.8 Å². The number of hydrogen-bond acceptors (Lipinski definition) is 17. The van der Waals surface area contributed by atoms with Gasteiger partial charge in [0.25, 0.3) is 5.91 Å². The van der Waals surface area contributed by atoms with E-state index >= 15 is 0 Å². The maximum Gasteiger partial charge on any atom is 0.407 e. The summed E-state index contributed by atoms with van der Waals surface area (Å²) in [5, 5.41) is 12.6. The second-order valence-electron chi connectivity index (χ2n) is 31.5. The summed E-state index contributed by atoms with van der Waals surface area (Å²) < 4.78 is 39.5. The lowest BCUT2D eigenvalue weighted by atomic mass is 9.90. The standard InChI is InChI=1S/C49H53N7O8.C40H45N5O5.2CH4/c1-6-63-32-21-41(56(25-32)46(57)43(27(2)3)53-48(59)61-4)38-22-35-34-23-42-36(20-29(34)15-17-37(35)51-38)33-16-14-30(19-31(33)26-64-42)39-24-50-45(52-39)40-13-10-18-55(40)47(58)44(54-49(60)62-5)28-11-8-7-9-12-28;1-5-49-27-16-35(45(20-27)39(46)37(22(2)3)44-40(47)48-4)33-17-30-29-18-36-31(15-24(29)11-13-32(30)42-33)28-12-10-25(14-26(28)21-50-36)34-19-41-38(43-34)23-8-6-7-9-23;;/h7-9,11-12,14-17,19-20,23-24,27,32,40-41,43-44H,6,10,13,18,21-22,25-26H2,1-5H3,(H,50,52)(H,53,59)(H,54,60);10-15,18-19,22-23,27,35,37H,5-9,16-17,20-21H2,1-4H3,(H,41,43)(H,44,47);2*1H4/t32-,40-,41-,43-,44+;27-,35-,37-;;/m00../s1. The Morgan fingerprint density at radius 3 is 1.47 bits per heavy atom. The fourth-order valence-electron chi connectivity index (χ4n) is 18.1. The van der Waals surface area contributed by atoms with Crippen LogP contribution >= 0.6 is 0 Å². The summed E-state index contributed by atoms with van der Waals surface area (Å²) in [5.41, 5.74) is 17.1. The molecule has 9 heterocycles. The number of fused-ring (bicyclic) bond motifs is 12. The van der Waals surface area contributed by atoms with Crippen LogP contribution in [0.3, 0.4) is 0 Å². The maximum absolute atomic E-state index is 14.1. The summed E-state index contributed by atoms with van der Waals surface area (Å²) in [4.78, 5) is 111. The molecule has 3 saturated heterocycles. The molecular formula is C91H106N12O13. The molecule has 2 aromatic heterocycles. The van der Waals surface area contributed by atoms with Gasteiger partial charge in [-0.15, -0.1) is 0 Å². The summed E-state index contributed by atoms with van der Waals surface area (Å²) in [6.45, 7) is 14.9. The van der Waals surface area contributed by atoms with Crippen molar-refractivity contribution in [3.05, 3.63) is 167 Å². The number of methoxy groups -OCH3 is 3. The van der Waals surface area contributed by atoms with Crippen LogP contribution in [0, 0.1) is 11.8 Å². The number of H-pyrrole nitrogens is 2. The van der Waals surface area contributed by atoms with Crippen molar-refractivity contribution in [2.75, 3.05) is 54.2 Å². The number of imidazole rings is 2. The quantitative estimate of drug-likeness (QED) is 0.0470. The van der Waals surface area contributed by atoms with Crippen LogP contribution in [0.15, 0.2) is 138 Å². The van der Waals surface area contributed by atoms with E-state index in [2.05, 4.69) is 105 Å². The zero-order valence-corrected chi connectivity index (χ0v) is 65.9. The Bertz CT molecular complexity index is 5280. The third-order valence-corrected chi connectivity index (χ3v) is 23.9. The Balaban J connectivity index is 0.000000193. The van der Waals surface area contributed by atoms with E-state index < -0.39 is 36.4 Å². The van der Waals surface area contributed by atoms with Crippen molar-refractivity contribution in [3.8, 4) is 56.3 Å². The first-order valence-corrected chi connectivity index (χ1v) is 40.1. The Hall–Kier alpha value is -11.4. The topological polar surface area (TPSA) is 295 Å². The lowest BCUT2D eigenvalue weighted by molar-refractivity contribution is -0.135. The molecule has 25 nitrogen and oxygen atoms in total. The van der Waals surface area contributed by atoms with Gasteiger partial charge in [-0.25, -0.2) is 24.4 Å². The molecule has 8 atom stereocenters. The lowest BCUT2D eigenvalue weighted by Crippen LogP contribution is -2.54. The number of benzene rings is 7. The van der Waals surface area contributed by atoms with E-state index in [1.54, 1.807) is 11.1 Å². The summed E-state index contributed by atoms with van der Waals surface area (Å²) in [6.07, 6.45) is 10.6. The van der Waals surface area contributed by atoms with Crippen LogP contribution in [0.5, 0.6) is 11.5 Å². The minimum absolute atomic E-state index is 0. The number of likely N-dealkylation sites (tertiary alicyclic amines) is 3. The number of aromatic amines is 2. The van der Waals surface area contributed by atoms with Crippen LogP contribution in [-0.2, 0) is 64.1 Å². The molecule has 7 aliphatic heterocycles. The molecule has 6 amide bonds. The van der Waals surface area contributed by atoms with Gasteiger partial charge in [0.15, 0.2) is 0 Å². The summed E-state index contributed by atoms with van der Waals surface area (Å²) >= 11 is 0. The van der Waals surface area contributed by atoms with Crippen LogP contribution in [0.4, 0.5) is 25.8 Å². The van der Waals surface area contributed by atoms with E-state index in [1.807, 2.05) is 93.9 Å². The number of ether oxygens (including phenoxy) is 7. The highest BCUT2D eigenvalue weighted by Gasteiger charge is 2.46. The smallest absolute Gasteiger partial charge is 0.407 e. The molecule has 9 aromatic rings. The van der Waals surface area contributed by atoms with Crippen LogP contribution in [-0.4, -0.2) is 173 Å². The normalized spacial score (nSPS) is 19.6. The van der Waals surface area contributed by atoms with E-state index in [1.165, 1.54) is 52.6 Å². The van der Waals surface area contributed by atoms with Crippen molar-refractivity contribution in [2.24, 2.45) is 21.8 Å². The van der Waals surface area contributed by atoms with Crippen molar-refractivity contribution in [3.63, 3.8) is 0 Å². The Morgan fingerprint density at radius 2 is 0.991 bits per heavy atom. The number of nitrogens with zero attached hydrogens (tertiary/aromatic N) is 7. The van der Waals surface area contributed by atoms with Gasteiger partial charge in [0.1, 0.15) is 54.5 Å². The highest BCUT2D eigenvalue weighted by Crippen LogP contribution is 2.48. The maximum atomic E-state index is 14.1. The molecule has 608 valence electrons. The van der Waals surface area contributed by atoms with Crippen LogP contribution in [0.2, 0.25) is 0 Å². The first-order chi connectivity index (χ1) is 55.3. The lowest BCUT2D eigenvalue weighted by Gasteiger charge is -2.30. The SMILES string of the molecule is C.C.CCO[C@H]1C[C@@H](C2=Nc3ccc4cc5c(cc4c3C2)OCc2cc(-c3cnc(C4CCCC4)[nH]3)ccc2-5)N(C(=O)[C@@H](NC(=O)OC)C(C)C)C1.CCO[C@H]1C[C@@H](C2=Nc3ccc4cc5c(cc4c3C2)OCc2cc(-c3cnc([C@@H]4CCCN4C(=O)[C@H](NC(=O)OC)c4ccccc4)[nH]3)ccc2-5)N(C(=O)[C@@H](NC(=O)OC)C(C)C)C1. The molecule has 4 fully saturated rings. The van der Waals surface area contributed by atoms with Crippen molar-refractivity contribution in [1.29, 1.82) is 0 Å². The average molecular weight is 1580 g/mol. The van der Waals surface area contributed by atoms with Gasteiger partial charge in [0.2, 0.25) is 11.8 Å². The first kappa shape index (κ1) is 81.1. The predicted octanol–water partition coefficient (Wildman–Crippen LogP) is 16.3. The predicted molar refractivity (Wildman–Crippen MR) is 447 cm³/mol. The van der Waals surface area contributed by atoms with E-state index in [4.69, 9.17) is 53.1 Å². The van der Waals surface area contributed by atoms with Crippen molar-refractivity contribution in [2.45, 2.75) is 188 Å². The van der Waals surface area contributed by atoms with Crippen LogP contribution < -0.4 is 25.4 Å². The first-order valence-electron chi connectivity index (χ1n) is 40.1. The number of nitrogens with one attached hydrogen (secondary N) is 5. The number of alkyl carbamates (subject to hydrolysis) is 3.